The van der Waals surface area contributed by atoms with Gasteiger partial charge in [0, 0.05) is 19.6 Å². The molecule has 0 aromatic heterocycles. The normalized spacial score (nSPS) is 17.9. The third kappa shape index (κ3) is 5.89. The van der Waals surface area contributed by atoms with Crippen molar-refractivity contribution in [3.05, 3.63) is 103 Å². The maximum Gasteiger partial charge on any atom is 0.333 e. The van der Waals surface area contributed by atoms with E-state index < -0.39 is 11.9 Å². The number of rotatable bonds is 8. The van der Waals surface area contributed by atoms with Gasteiger partial charge in [-0.25, -0.2) is 9.69 Å². The van der Waals surface area contributed by atoms with E-state index in [1.165, 1.54) is 0 Å². The van der Waals surface area contributed by atoms with Gasteiger partial charge in [-0.15, -0.1) is 0 Å². The number of imide groups is 1. The van der Waals surface area contributed by atoms with Crippen LogP contribution in [0.25, 0.3) is 0 Å². The number of benzene rings is 2. The van der Waals surface area contributed by atoms with Gasteiger partial charge in [-0.2, -0.15) is 0 Å². The summed E-state index contributed by atoms with van der Waals surface area (Å²) in [6, 6.07) is 15.6. The van der Waals surface area contributed by atoms with Crippen molar-refractivity contribution in [2.45, 2.75) is 0 Å². The van der Waals surface area contributed by atoms with Gasteiger partial charge in [0.25, 0.3) is 5.91 Å². The zero-order valence-electron chi connectivity index (χ0n) is 18.9. The molecule has 2 aromatic carbocycles. The Morgan fingerprint density at radius 2 is 1.65 bits per heavy atom. The molecule has 2 heterocycles. The highest BCUT2D eigenvalue weighted by Gasteiger charge is 2.34. The second-order valence-corrected chi connectivity index (χ2v) is 7.99. The molecule has 2 aliphatic rings. The average molecular weight is 458 g/mol. The molecule has 2 aromatic rings. The fraction of sp³-hybridized carbons (Fsp3) is 0.185. The Hall–Kier alpha value is -3.94. The highest BCUT2D eigenvalue weighted by atomic mass is 16.5. The minimum Gasteiger partial charge on any atom is -0.457 e. The van der Waals surface area contributed by atoms with Gasteiger partial charge in [-0.1, -0.05) is 43.5 Å². The Kier molecular flexibility index (Phi) is 7.37. The van der Waals surface area contributed by atoms with Gasteiger partial charge in [0.1, 0.15) is 17.2 Å². The molecule has 0 unspecified atom stereocenters. The molecule has 0 bridgehead atoms. The van der Waals surface area contributed by atoms with Crippen molar-refractivity contribution in [1.82, 2.24) is 10.2 Å². The lowest BCUT2D eigenvalue weighted by Crippen LogP contribution is -2.37. The van der Waals surface area contributed by atoms with Gasteiger partial charge in [0.05, 0.1) is 18.9 Å². The Bertz CT molecular complexity index is 1130. The summed E-state index contributed by atoms with van der Waals surface area (Å²) in [5.41, 5.74) is 2.14. The van der Waals surface area contributed by atoms with Crippen LogP contribution in [0.1, 0.15) is 0 Å². The first kappa shape index (κ1) is 23.2. The monoisotopic (exact) mass is 457 g/mol. The van der Waals surface area contributed by atoms with E-state index in [1.54, 1.807) is 36.4 Å². The molecule has 2 saturated heterocycles. The van der Waals surface area contributed by atoms with Crippen LogP contribution in [0.5, 0.6) is 11.5 Å². The standard InChI is InChI=1S/C27H27N3O4/c1-20(8-9-21(2)19-29-14-16-33-17-15-29)18-25-26(31)30(27(32)28-25)22-10-12-24(13-11-22)34-23-6-4-3-5-7-23/h3-13,18H,1-2,14-17,19H2,(H,28,32)/b9-8-,25-18-. The van der Waals surface area contributed by atoms with Crippen molar-refractivity contribution >= 4 is 17.6 Å². The minimum atomic E-state index is -0.513. The second-order valence-electron chi connectivity index (χ2n) is 7.99. The summed E-state index contributed by atoms with van der Waals surface area (Å²) in [6.07, 6.45) is 5.22. The van der Waals surface area contributed by atoms with E-state index in [2.05, 4.69) is 23.4 Å². The third-order valence-corrected chi connectivity index (χ3v) is 5.35. The van der Waals surface area contributed by atoms with E-state index in [0.29, 0.717) is 22.8 Å². The fourth-order valence-electron chi connectivity index (χ4n) is 3.62. The number of para-hydroxylation sites is 1. The van der Waals surface area contributed by atoms with Crippen LogP contribution < -0.4 is 15.0 Å². The molecule has 174 valence electrons. The van der Waals surface area contributed by atoms with Crippen LogP contribution in [0.2, 0.25) is 0 Å². The summed E-state index contributed by atoms with van der Waals surface area (Å²) < 4.78 is 11.1. The summed E-state index contributed by atoms with van der Waals surface area (Å²) in [5.74, 6) is 0.867. The van der Waals surface area contributed by atoms with Crippen molar-refractivity contribution in [3.63, 3.8) is 0 Å². The Labute approximate surface area is 199 Å². The van der Waals surface area contributed by atoms with Crippen molar-refractivity contribution in [2.75, 3.05) is 37.7 Å². The number of allylic oxidation sites excluding steroid dienone is 3. The molecule has 0 radical (unpaired) electrons. The van der Waals surface area contributed by atoms with Gasteiger partial charge in [-0.3, -0.25) is 9.69 Å². The summed E-state index contributed by atoms with van der Waals surface area (Å²) in [5, 5.41) is 2.62. The van der Waals surface area contributed by atoms with Crippen LogP contribution >= 0.6 is 0 Å². The molecule has 0 atom stereocenters. The molecular weight excluding hydrogens is 430 g/mol. The summed E-state index contributed by atoms with van der Waals surface area (Å²) in [7, 11) is 0. The van der Waals surface area contributed by atoms with Crippen molar-refractivity contribution < 1.29 is 19.1 Å². The van der Waals surface area contributed by atoms with Crippen molar-refractivity contribution in [1.29, 1.82) is 0 Å². The molecular formula is C27H27N3O4. The highest BCUT2D eigenvalue weighted by molar-refractivity contribution is 6.27. The predicted octanol–water partition coefficient (Wildman–Crippen LogP) is 4.42. The molecule has 34 heavy (non-hydrogen) atoms. The van der Waals surface area contributed by atoms with Gasteiger partial charge in [-0.05, 0) is 53.6 Å². The number of hydrogen-bond acceptors (Lipinski definition) is 5. The van der Waals surface area contributed by atoms with E-state index >= 15 is 0 Å². The molecule has 2 fully saturated rings. The van der Waals surface area contributed by atoms with Gasteiger partial charge in [0.2, 0.25) is 0 Å². The molecule has 0 spiro atoms. The summed E-state index contributed by atoms with van der Waals surface area (Å²) >= 11 is 0. The predicted molar refractivity (Wildman–Crippen MR) is 132 cm³/mol. The molecule has 7 heteroatoms. The molecule has 2 aliphatic heterocycles. The number of carbonyl (C=O) groups excluding carboxylic acids is 2. The van der Waals surface area contributed by atoms with E-state index in [-0.39, 0.29) is 5.70 Å². The van der Waals surface area contributed by atoms with Crippen LogP contribution in [-0.4, -0.2) is 49.7 Å². The number of morpholine rings is 1. The van der Waals surface area contributed by atoms with Gasteiger partial charge >= 0.3 is 6.03 Å². The number of nitrogens with zero attached hydrogens (tertiary/aromatic N) is 2. The second kappa shape index (κ2) is 10.8. The first-order valence-electron chi connectivity index (χ1n) is 11.0. The maximum absolute atomic E-state index is 12.9. The third-order valence-electron chi connectivity index (χ3n) is 5.35. The van der Waals surface area contributed by atoms with Crippen LogP contribution in [0.3, 0.4) is 0 Å². The quantitative estimate of drug-likeness (QED) is 0.361. The van der Waals surface area contributed by atoms with Crippen LogP contribution in [0, 0.1) is 0 Å². The topological polar surface area (TPSA) is 71.1 Å². The number of anilines is 1. The molecule has 1 N–H and O–H groups in total. The lowest BCUT2D eigenvalue weighted by Gasteiger charge is -2.26. The van der Waals surface area contributed by atoms with E-state index in [1.807, 2.05) is 36.4 Å². The number of nitrogens with one attached hydrogen (secondary N) is 1. The lowest BCUT2D eigenvalue weighted by atomic mass is 10.1. The Morgan fingerprint density at radius 3 is 2.35 bits per heavy atom. The number of carbonyl (C=O) groups is 2. The Morgan fingerprint density at radius 1 is 0.971 bits per heavy atom. The Balaban J connectivity index is 1.36. The summed E-state index contributed by atoms with van der Waals surface area (Å²) in [4.78, 5) is 28.7. The van der Waals surface area contributed by atoms with Gasteiger partial charge in [0.15, 0.2) is 0 Å². The highest BCUT2D eigenvalue weighted by Crippen LogP contribution is 2.27. The lowest BCUT2D eigenvalue weighted by molar-refractivity contribution is -0.113. The van der Waals surface area contributed by atoms with Crippen molar-refractivity contribution in [2.24, 2.45) is 0 Å². The number of hydrogen-bond donors (Lipinski definition) is 1. The molecule has 7 nitrogen and oxygen atoms in total. The maximum atomic E-state index is 12.9. The van der Waals surface area contributed by atoms with Crippen LogP contribution in [0.4, 0.5) is 10.5 Å². The zero-order chi connectivity index (χ0) is 23.9. The molecule has 0 aliphatic carbocycles. The molecule has 0 saturated carbocycles. The molecule has 4 rings (SSSR count). The first-order chi connectivity index (χ1) is 16.5. The minimum absolute atomic E-state index is 0.169. The fourth-order valence-corrected chi connectivity index (χ4v) is 3.62. The van der Waals surface area contributed by atoms with Gasteiger partial charge < -0.3 is 14.8 Å². The first-order valence-corrected chi connectivity index (χ1v) is 11.0. The smallest absolute Gasteiger partial charge is 0.333 e. The van der Waals surface area contributed by atoms with E-state index in [0.717, 1.165) is 43.3 Å². The summed E-state index contributed by atoms with van der Waals surface area (Å²) in [6.45, 7) is 12.0. The number of amides is 3. The SMILES string of the molecule is C=C(/C=C\C(=C)CN1CCOCC1)/C=C1\NC(=O)N(c2ccc(Oc3ccccc3)cc2)C1=O. The number of ether oxygens (including phenoxy) is 2. The average Bonchev–Trinajstić information content (AvgIpc) is 3.12. The molecule has 3 amide bonds. The zero-order valence-corrected chi connectivity index (χ0v) is 18.9. The number of urea groups is 1. The van der Waals surface area contributed by atoms with Crippen LogP contribution in [0.15, 0.2) is 103 Å². The van der Waals surface area contributed by atoms with Crippen LogP contribution in [-0.2, 0) is 9.53 Å². The largest absolute Gasteiger partial charge is 0.457 e. The van der Waals surface area contributed by atoms with E-state index in [9.17, 15) is 9.59 Å². The van der Waals surface area contributed by atoms with Crippen molar-refractivity contribution in [3.8, 4) is 11.5 Å². The van der Waals surface area contributed by atoms with E-state index in [4.69, 9.17) is 9.47 Å².